The van der Waals surface area contributed by atoms with Crippen LogP contribution in [-0.4, -0.2) is 28.5 Å². The highest BCUT2D eigenvalue weighted by atomic mass is 32.1. The van der Waals surface area contributed by atoms with Gasteiger partial charge in [0.05, 0.1) is 0 Å². The van der Waals surface area contributed by atoms with E-state index in [0.29, 0.717) is 0 Å². The van der Waals surface area contributed by atoms with E-state index >= 15 is 0 Å². The van der Waals surface area contributed by atoms with Crippen LogP contribution < -0.4 is 5.43 Å². The van der Waals surface area contributed by atoms with E-state index < -0.39 is 0 Å². The predicted octanol–water partition coefficient (Wildman–Crippen LogP) is 0.233. The summed E-state index contributed by atoms with van der Waals surface area (Å²) in [6.45, 7) is 2.08. The summed E-state index contributed by atoms with van der Waals surface area (Å²) in [6.07, 6.45) is 2.64. The summed E-state index contributed by atoms with van der Waals surface area (Å²) in [4.78, 5) is 2.25. The van der Waals surface area contributed by atoms with E-state index in [4.69, 9.17) is 0 Å². The molecule has 1 atom stereocenters. The van der Waals surface area contributed by atoms with Crippen LogP contribution in [0.25, 0.3) is 0 Å². The Labute approximate surface area is 66.7 Å². The zero-order valence-corrected chi connectivity index (χ0v) is 6.88. The number of thiol groups is 1. The van der Waals surface area contributed by atoms with Gasteiger partial charge >= 0.3 is 0 Å². The monoisotopic (exact) mass is 158 g/mol. The minimum atomic E-state index is 0.192. The molecule has 0 aromatic heterocycles. The SMILES string of the molecule is CN1[CH]N(C2CC2)C(S)N1. The Bertz CT molecular complexity index is 137. The Morgan fingerprint density at radius 2 is 2.30 bits per heavy atom. The molecule has 57 valence electrons. The van der Waals surface area contributed by atoms with Crippen molar-refractivity contribution < 1.29 is 0 Å². The van der Waals surface area contributed by atoms with Crippen molar-refractivity contribution in [2.24, 2.45) is 0 Å². The highest BCUT2D eigenvalue weighted by molar-refractivity contribution is 7.80. The molecule has 0 aromatic rings. The molecule has 1 saturated heterocycles. The maximum Gasteiger partial charge on any atom is 0.119 e. The average molecular weight is 158 g/mol. The van der Waals surface area contributed by atoms with Gasteiger partial charge in [-0.15, -0.1) is 12.6 Å². The van der Waals surface area contributed by atoms with Crippen LogP contribution in [0.5, 0.6) is 0 Å². The first-order chi connectivity index (χ1) is 4.77. The van der Waals surface area contributed by atoms with E-state index in [2.05, 4.69) is 29.6 Å². The van der Waals surface area contributed by atoms with Crippen molar-refractivity contribution in [2.75, 3.05) is 7.05 Å². The lowest BCUT2D eigenvalue weighted by Crippen LogP contribution is -2.32. The standard InChI is InChI=1S/C6H12N3S/c1-8-4-9(5-2-3-5)6(10)7-8/h4-7,10H,2-3H2,1H3. The molecule has 0 aromatic carbocycles. The Kier molecular flexibility index (Phi) is 1.64. The maximum absolute atomic E-state index is 4.37. The maximum atomic E-state index is 4.37. The third-order valence-electron chi connectivity index (χ3n) is 1.88. The van der Waals surface area contributed by atoms with Gasteiger partial charge in [0.25, 0.3) is 0 Å². The number of hydrogen-bond donors (Lipinski definition) is 2. The number of nitrogens with one attached hydrogen (secondary N) is 1. The van der Waals surface area contributed by atoms with Gasteiger partial charge in [0, 0.05) is 13.1 Å². The Balaban J connectivity index is 1.95. The molecular formula is C6H12N3S. The molecule has 2 fully saturated rings. The van der Waals surface area contributed by atoms with Crippen molar-refractivity contribution in [3.8, 4) is 0 Å². The first kappa shape index (κ1) is 6.91. The number of hydrazine groups is 1. The van der Waals surface area contributed by atoms with Crippen LogP contribution in [0.3, 0.4) is 0 Å². The summed E-state index contributed by atoms with van der Waals surface area (Å²) < 4.78 is 0. The van der Waals surface area contributed by atoms with Crippen molar-refractivity contribution in [3.63, 3.8) is 0 Å². The summed E-state index contributed by atoms with van der Waals surface area (Å²) >= 11 is 4.37. The van der Waals surface area contributed by atoms with E-state index in [9.17, 15) is 0 Å². The minimum Gasteiger partial charge on any atom is -0.256 e. The molecule has 1 saturated carbocycles. The Morgan fingerprint density at radius 3 is 2.70 bits per heavy atom. The Morgan fingerprint density at radius 1 is 1.60 bits per heavy atom. The lowest BCUT2D eigenvalue weighted by Gasteiger charge is -2.15. The topological polar surface area (TPSA) is 18.5 Å². The first-order valence-electron chi connectivity index (χ1n) is 3.57. The van der Waals surface area contributed by atoms with Gasteiger partial charge in [-0.25, -0.2) is 10.4 Å². The van der Waals surface area contributed by atoms with Crippen molar-refractivity contribution in [3.05, 3.63) is 6.67 Å². The Hall–Kier alpha value is 0.230. The lowest BCUT2D eigenvalue weighted by atomic mass is 10.6. The molecule has 0 bridgehead atoms. The molecule has 0 spiro atoms. The molecule has 1 aliphatic carbocycles. The zero-order valence-electron chi connectivity index (χ0n) is 5.99. The highest BCUT2D eigenvalue weighted by Gasteiger charge is 2.37. The summed E-state index contributed by atoms with van der Waals surface area (Å²) in [5.74, 6) is 0. The van der Waals surface area contributed by atoms with E-state index in [1.807, 2.05) is 12.1 Å². The summed E-state index contributed by atoms with van der Waals surface area (Å²) in [6, 6.07) is 0.750. The van der Waals surface area contributed by atoms with Gasteiger partial charge in [-0.1, -0.05) is 0 Å². The van der Waals surface area contributed by atoms with E-state index in [0.717, 1.165) is 6.04 Å². The molecule has 1 radical (unpaired) electrons. The van der Waals surface area contributed by atoms with Gasteiger partial charge in [0.1, 0.15) is 12.2 Å². The summed E-state index contributed by atoms with van der Waals surface area (Å²) in [5, 5.41) is 1.95. The number of hydrogen-bond acceptors (Lipinski definition) is 4. The lowest BCUT2D eigenvalue weighted by molar-refractivity contribution is 0.331. The summed E-state index contributed by atoms with van der Waals surface area (Å²) in [7, 11) is 1.99. The van der Waals surface area contributed by atoms with Crippen molar-refractivity contribution in [1.82, 2.24) is 15.3 Å². The largest absolute Gasteiger partial charge is 0.256 e. The smallest absolute Gasteiger partial charge is 0.119 e. The molecule has 3 nitrogen and oxygen atoms in total. The fourth-order valence-corrected chi connectivity index (χ4v) is 1.64. The van der Waals surface area contributed by atoms with Gasteiger partial charge in [0.2, 0.25) is 0 Å². The van der Waals surface area contributed by atoms with E-state index in [-0.39, 0.29) is 5.50 Å². The number of nitrogens with zero attached hydrogens (tertiary/aromatic N) is 2. The van der Waals surface area contributed by atoms with Gasteiger partial charge in [-0.05, 0) is 12.8 Å². The van der Waals surface area contributed by atoms with Crippen LogP contribution in [0, 0.1) is 6.67 Å². The van der Waals surface area contributed by atoms with Gasteiger partial charge in [-0.3, -0.25) is 4.90 Å². The zero-order chi connectivity index (χ0) is 7.14. The first-order valence-corrected chi connectivity index (χ1v) is 4.08. The van der Waals surface area contributed by atoms with Gasteiger partial charge in [0.15, 0.2) is 0 Å². The third-order valence-corrected chi connectivity index (χ3v) is 2.26. The molecule has 1 unspecified atom stereocenters. The van der Waals surface area contributed by atoms with E-state index in [1.165, 1.54) is 12.8 Å². The molecule has 1 N–H and O–H groups in total. The fourth-order valence-electron chi connectivity index (χ4n) is 1.21. The fraction of sp³-hybridized carbons (Fsp3) is 0.833. The van der Waals surface area contributed by atoms with Crippen LogP contribution in [0.15, 0.2) is 0 Å². The van der Waals surface area contributed by atoms with Crippen LogP contribution in [0.4, 0.5) is 0 Å². The second kappa shape index (κ2) is 2.37. The normalized spacial score (nSPS) is 37.2. The van der Waals surface area contributed by atoms with Crippen LogP contribution in [0.2, 0.25) is 0 Å². The molecule has 4 heteroatoms. The van der Waals surface area contributed by atoms with Crippen LogP contribution >= 0.6 is 12.6 Å². The minimum absolute atomic E-state index is 0.192. The molecule has 2 aliphatic rings. The summed E-state index contributed by atoms with van der Waals surface area (Å²) in [5.41, 5.74) is 3.35. The van der Waals surface area contributed by atoms with Crippen LogP contribution in [-0.2, 0) is 0 Å². The molecule has 2 rings (SSSR count). The van der Waals surface area contributed by atoms with Crippen molar-refractivity contribution in [2.45, 2.75) is 24.4 Å². The highest BCUT2D eigenvalue weighted by Crippen LogP contribution is 2.32. The van der Waals surface area contributed by atoms with Crippen molar-refractivity contribution in [1.29, 1.82) is 0 Å². The predicted molar refractivity (Wildman–Crippen MR) is 42.8 cm³/mol. The number of rotatable bonds is 1. The second-order valence-electron chi connectivity index (χ2n) is 2.91. The third kappa shape index (κ3) is 1.16. The van der Waals surface area contributed by atoms with E-state index in [1.54, 1.807) is 0 Å². The molecule has 1 aliphatic heterocycles. The van der Waals surface area contributed by atoms with Gasteiger partial charge in [-0.2, -0.15) is 0 Å². The molecular weight excluding hydrogens is 146 g/mol. The quantitative estimate of drug-likeness (QED) is 0.533. The second-order valence-corrected chi connectivity index (χ2v) is 3.40. The van der Waals surface area contributed by atoms with Gasteiger partial charge < -0.3 is 0 Å². The molecule has 1 heterocycles. The molecule has 10 heavy (non-hydrogen) atoms. The average Bonchev–Trinajstić information content (AvgIpc) is 2.61. The van der Waals surface area contributed by atoms with Crippen molar-refractivity contribution >= 4 is 12.6 Å². The van der Waals surface area contributed by atoms with Crippen LogP contribution in [0.1, 0.15) is 12.8 Å². The molecule has 0 amide bonds.